The van der Waals surface area contributed by atoms with Gasteiger partial charge in [0, 0.05) is 18.5 Å². The fourth-order valence-corrected chi connectivity index (χ4v) is 2.11. The van der Waals surface area contributed by atoms with E-state index in [1.54, 1.807) is 36.7 Å². The van der Waals surface area contributed by atoms with E-state index in [1.807, 2.05) is 0 Å². The van der Waals surface area contributed by atoms with Crippen LogP contribution in [0.25, 0.3) is 0 Å². The van der Waals surface area contributed by atoms with Gasteiger partial charge in [0.25, 0.3) is 5.91 Å². The number of thiocarbonyl (C=S) groups is 1. The fraction of sp³-hybridized carbons (Fsp3) is 0.294. The van der Waals surface area contributed by atoms with Gasteiger partial charge in [-0.15, -0.1) is 0 Å². The van der Waals surface area contributed by atoms with Crippen molar-refractivity contribution in [2.45, 2.75) is 26.2 Å². The summed E-state index contributed by atoms with van der Waals surface area (Å²) in [6.07, 6.45) is 8.00. The van der Waals surface area contributed by atoms with Gasteiger partial charge in [-0.05, 0) is 36.8 Å². The Labute approximate surface area is 146 Å². The van der Waals surface area contributed by atoms with Gasteiger partial charge in [-0.25, -0.2) is 4.98 Å². The number of amides is 1. The molecule has 0 spiro atoms. The minimum atomic E-state index is -0.315. The third kappa shape index (κ3) is 5.92. The number of nitrogens with one attached hydrogen (secondary N) is 2. The Bertz CT molecular complexity index is 662. The number of nitrogens with zero attached hydrogens (tertiary/aromatic N) is 2. The third-order valence-electron chi connectivity index (χ3n) is 3.14. The number of hydrogen-bond acceptors (Lipinski definition) is 5. The molecule has 0 aliphatic carbocycles. The lowest BCUT2D eigenvalue weighted by molar-refractivity contribution is 0.0977. The number of unbranched alkanes of at least 4 members (excludes halogenated alkanes) is 2. The van der Waals surface area contributed by atoms with Gasteiger partial charge in [0.1, 0.15) is 0 Å². The molecule has 2 N–H and O–H groups in total. The number of pyridine rings is 2. The zero-order valence-corrected chi connectivity index (χ0v) is 14.3. The lowest BCUT2D eigenvalue weighted by Gasteiger charge is -2.10. The van der Waals surface area contributed by atoms with E-state index in [4.69, 9.17) is 17.0 Å². The molecule has 2 aromatic rings. The van der Waals surface area contributed by atoms with Crippen LogP contribution < -0.4 is 15.4 Å². The van der Waals surface area contributed by atoms with E-state index < -0.39 is 0 Å². The van der Waals surface area contributed by atoms with Crippen molar-refractivity contribution in [3.05, 3.63) is 48.4 Å². The second kappa shape index (κ2) is 9.57. The van der Waals surface area contributed by atoms with Crippen LogP contribution in [0.1, 0.15) is 36.5 Å². The van der Waals surface area contributed by atoms with Gasteiger partial charge in [-0.1, -0.05) is 19.8 Å². The lowest BCUT2D eigenvalue weighted by atomic mass is 10.3. The second-order valence-electron chi connectivity index (χ2n) is 5.09. The zero-order chi connectivity index (χ0) is 17.2. The zero-order valence-electron chi connectivity index (χ0n) is 13.5. The van der Waals surface area contributed by atoms with E-state index in [0.29, 0.717) is 23.7 Å². The van der Waals surface area contributed by atoms with Crippen LogP contribution in [0.5, 0.6) is 5.88 Å². The molecule has 1 amide bonds. The molecule has 0 bridgehead atoms. The quantitative estimate of drug-likeness (QED) is 0.593. The maximum Gasteiger partial charge on any atom is 0.258 e. The first-order chi connectivity index (χ1) is 11.7. The fourth-order valence-electron chi connectivity index (χ4n) is 1.90. The van der Waals surface area contributed by atoms with Gasteiger partial charge in [0.05, 0.1) is 24.1 Å². The predicted molar refractivity (Wildman–Crippen MR) is 97.2 cm³/mol. The van der Waals surface area contributed by atoms with E-state index >= 15 is 0 Å². The van der Waals surface area contributed by atoms with Crippen molar-refractivity contribution >= 4 is 28.9 Å². The minimum Gasteiger partial charge on any atom is -0.478 e. The maximum atomic E-state index is 12.0. The molecular formula is C17H20N4O2S. The van der Waals surface area contributed by atoms with Crippen LogP contribution in [-0.2, 0) is 0 Å². The molecule has 0 radical (unpaired) electrons. The van der Waals surface area contributed by atoms with Crippen molar-refractivity contribution in [2.75, 3.05) is 11.9 Å². The van der Waals surface area contributed by atoms with E-state index in [9.17, 15) is 4.79 Å². The second-order valence-corrected chi connectivity index (χ2v) is 5.50. The lowest BCUT2D eigenvalue weighted by Crippen LogP contribution is -2.34. The number of carbonyl (C=O) groups is 1. The standard InChI is InChI=1S/C17H20N4O2S/c1-2-3-4-10-23-15-8-7-14(12-19-15)20-17(24)21-16(22)13-6-5-9-18-11-13/h5-9,11-12H,2-4,10H2,1H3,(H2,20,21,22,24). The summed E-state index contributed by atoms with van der Waals surface area (Å²) in [5.74, 6) is 0.256. The molecule has 126 valence electrons. The number of rotatable bonds is 7. The Morgan fingerprint density at radius 2 is 2.12 bits per heavy atom. The van der Waals surface area contributed by atoms with Crippen molar-refractivity contribution in [3.63, 3.8) is 0 Å². The average Bonchev–Trinajstić information content (AvgIpc) is 2.61. The summed E-state index contributed by atoms with van der Waals surface area (Å²) in [7, 11) is 0. The van der Waals surface area contributed by atoms with Crippen molar-refractivity contribution in [1.29, 1.82) is 0 Å². The first-order valence-electron chi connectivity index (χ1n) is 7.80. The summed E-state index contributed by atoms with van der Waals surface area (Å²) in [6.45, 7) is 2.81. The van der Waals surface area contributed by atoms with Crippen LogP contribution in [-0.4, -0.2) is 27.6 Å². The normalized spacial score (nSPS) is 10.0. The monoisotopic (exact) mass is 344 g/mol. The van der Waals surface area contributed by atoms with Crippen LogP contribution in [0.2, 0.25) is 0 Å². The van der Waals surface area contributed by atoms with Gasteiger partial charge < -0.3 is 10.1 Å². The molecule has 24 heavy (non-hydrogen) atoms. The number of hydrogen-bond donors (Lipinski definition) is 2. The molecule has 0 fully saturated rings. The Kier molecular flexibility index (Phi) is 7.10. The predicted octanol–water partition coefficient (Wildman–Crippen LogP) is 3.17. The first-order valence-corrected chi connectivity index (χ1v) is 8.21. The van der Waals surface area contributed by atoms with Crippen molar-refractivity contribution in [2.24, 2.45) is 0 Å². The SMILES string of the molecule is CCCCCOc1ccc(NC(=S)NC(=O)c2cccnc2)cn1. The Morgan fingerprint density at radius 1 is 1.25 bits per heavy atom. The van der Waals surface area contributed by atoms with E-state index in [1.165, 1.54) is 6.20 Å². The number of aromatic nitrogens is 2. The van der Waals surface area contributed by atoms with Crippen LogP contribution in [0.3, 0.4) is 0 Å². The Balaban J connectivity index is 1.80. The summed E-state index contributed by atoms with van der Waals surface area (Å²) < 4.78 is 5.54. The van der Waals surface area contributed by atoms with Gasteiger partial charge >= 0.3 is 0 Å². The van der Waals surface area contributed by atoms with E-state index in [-0.39, 0.29) is 11.0 Å². The summed E-state index contributed by atoms with van der Waals surface area (Å²) >= 11 is 5.12. The molecule has 7 heteroatoms. The van der Waals surface area contributed by atoms with Crippen LogP contribution in [0.15, 0.2) is 42.9 Å². The highest BCUT2D eigenvalue weighted by atomic mass is 32.1. The minimum absolute atomic E-state index is 0.197. The molecule has 0 saturated heterocycles. The van der Waals surface area contributed by atoms with Gasteiger partial charge in [0.15, 0.2) is 5.11 Å². The van der Waals surface area contributed by atoms with Crippen LogP contribution >= 0.6 is 12.2 Å². The third-order valence-corrected chi connectivity index (χ3v) is 3.35. The summed E-state index contributed by atoms with van der Waals surface area (Å²) in [4.78, 5) is 20.1. The van der Waals surface area contributed by atoms with Crippen molar-refractivity contribution in [3.8, 4) is 5.88 Å². The highest BCUT2D eigenvalue weighted by molar-refractivity contribution is 7.80. The molecule has 0 aliphatic rings. The Hall–Kier alpha value is -2.54. The molecule has 2 rings (SSSR count). The molecule has 0 unspecified atom stereocenters. The van der Waals surface area contributed by atoms with Gasteiger partial charge in [-0.3, -0.25) is 15.1 Å². The van der Waals surface area contributed by atoms with E-state index in [0.717, 1.165) is 19.3 Å². The Morgan fingerprint density at radius 3 is 2.79 bits per heavy atom. The van der Waals surface area contributed by atoms with Gasteiger partial charge in [0.2, 0.25) is 5.88 Å². The van der Waals surface area contributed by atoms with Gasteiger partial charge in [-0.2, -0.15) is 0 Å². The summed E-state index contributed by atoms with van der Waals surface area (Å²) in [5.41, 5.74) is 1.11. The van der Waals surface area contributed by atoms with Crippen molar-refractivity contribution in [1.82, 2.24) is 15.3 Å². The number of anilines is 1. The topological polar surface area (TPSA) is 76.1 Å². The number of ether oxygens (including phenoxy) is 1. The first kappa shape index (κ1) is 17.8. The largest absolute Gasteiger partial charge is 0.478 e. The molecule has 0 aliphatic heterocycles. The van der Waals surface area contributed by atoms with Crippen LogP contribution in [0, 0.1) is 0 Å². The smallest absolute Gasteiger partial charge is 0.258 e. The maximum absolute atomic E-state index is 12.0. The van der Waals surface area contributed by atoms with Crippen molar-refractivity contribution < 1.29 is 9.53 Å². The van der Waals surface area contributed by atoms with Crippen LogP contribution in [0.4, 0.5) is 5.69 Å². The highest BCUT2D eigenvalue weighted by Crippen LogP contribution is 2.12. The summed E-state index contributed by atoms with van der Waals surface area (Å²) in [6, 6.07) is 6.91. The molecule has 6 nitrogen and oxygen atoms in total. The molecule has 0 atom stereocenters. The molecular weight excluding hydrogens is 324 g/mol. The molecule has 0 aromatic carbocycles. The average molecular weight is 344 g/mol. The highest BCUT2D eigenvalue weighted by Gasteiger charge is 2.08. The van der Waals surface area contributed by atoms with E-state index in [2.05, 4.69) is 27.5 Å². The molecule has 0 saturated carbocycles. The number of carbonyl (C=O) groups excluding carboxylic acids is 1. The summed E-state index contributed by atoms with van der Waals surface area (Å²) in [5, 5.41) is 5.69. The molecule has 2 heterocycles. The molecule has 2 aromatic heterocycles.